The van der Waals surface area contributed by atoms with Crippen LogP contribution >= 0.6 is 11.9 Å². The van der Waals surface area contributed by atoms with Crippen molar-refractivity contribution < 1.29 is 51.0 Å². The average molecular weight is 1080 g/mol. The SMILES string of the molecule is CC.CC(NC(=O)C1CC(=O)N(C)C1)C(=O)N1CCC(SN2CCN(C3CCC(C(=O)NCCCOc4cc(F)ccc4Oc4ncc(C(F)(F)F)cc4C(=O)Nc4cc[nH]c(=O)c4)CC3)CC2)CC1.c1ccncc1. The highest BCUT2D eigenvalue weighted by molar-refractivity contribution is 7.97. The van der Waals surface area contributed by atoms with E-state index >= 15 is 0 Å². The fourth-order valence-electron chi connectivity index (χ4n) is 9.25. The van der Waals surface area contributed by atoms with Gasteiger partial charge in [0, 0.05) is 126 Å². The van der Waals surface area contributed by atoms with Crippen molar-refractivity contribution in [1.29, 1.82) is 0 Å². The van der Waals surface area contributed by atoms with Gasteiger partial charge in [-0.25, -0.2) is 13.7 Å². The Labute approximate surface area is 444 Å². The third-order valence-electron chi connectivity index (χ3n) is 13.4. The zero-order valence-electron chi connectivity index (χ0n) is 43.3. The first-order valence-corrected chi connectivity index (χ1v) is 26.6. The summed E-state index contributed by atoms with van der Waals surface area (Å²) in [4.78, 5) is 91.4. The molecule has 23 heteroatoms. The molecular weight excluding hydrogens is 1010 g/mol. The van der Waals surface area contributed by atoms with Crippen LogP contribution in [0, 0.1) is 17.7 Å². The van der Waals surface area contributed by atoms with Crippen molar-refractivity contribution in [1.82, 2.24) is 44.6 Å². The lowest BCUT2D eigenvalue weighted by atomic mass is 9.84. The summed E-state index contributed by atoms with van der Waals surface area (Å²) in [6.45, 7) is 11.4. The Morgan fingerprint density at radius 3 is 2.20 bits per heavy atom. The summed E-state index contributed by atoms with van der Waals surface area (Å²) in [6.07, 6.45) is 6.05. The molecule has 1 aromatic carbocycles. The van der Waals surface area contributed by atoms with E-state index in [9.17, 15) is 46.3 Å². The predicted octanol–water partition coefficient (Wildman–Crippen LogP) is 6.76. The summed E-state index contributed by atoms with van der Waals surface area (Å²) in [5, 5.41) is 8.56. The van der Waals surface area contributed by atoms with E-state index in [1.54, 1.807) is 26.4 Å². The van der Waals surface area contributed by atoms with Gasteiger partial charge in [0.2, 0.25) is 35.1 Å². The number of hydrogen-bond donors (Lipinski definition) is 4. The molecule has 4 aromatic rings. The molecule has 412 valence electrons. The number of piperidine rings is 1. The standard InChI is InChI=1S/C46H57F4N9O8S.C5H5N.C2H6/c1-28(54-42(63)30-22-40(61)56(2)27-30)45(65)58-15-11-35(12-16-58)68-59-19-17-57(18-20-59)34-7-4-29(5-8-34)41(62)52-13-3-21-66-38-24-32(47)6-9-37(38)67-44-36(23-31(26-53-44)46(48,49)50)43(64)55-33-10-14-51-39(60)25-33;1-2-4-6-5-3-1;1-2/h6,9-10,14,23-26,28-30,34-35H,3-5,7-8,11-13,15-22,27H2,1-2H3,(H,52,62)(H,54,63)(H2,51,55,60,64);1-5H;1-2H3. The number of aromatic nitrogens is 3. The van der Waals surface area contributed by atoms with Crippen LogP contribution in [0.1, 0.15) is 88.1 Å². The Hall–Kier alpha value is -6.59. The number of nitrogens with zero attached hydrogens (tertiary/aromatic N) is 6. The molecule has 4 aliphatic rings. The Morgan fingerprint density at radius 1 is 0.868 bits per heavy atom. The van der Waals surface area contributed by atoms with Crippen LogP contribution in [0.2, 0.25) is 0 Å². The number of anilines is 1. The lowest BCUT2D eigenvalue weighted by Gasteiger charge is -2.42. The summed E-state index contributed by atoms with van der Waals surface area (Å²) in [7, 11) is 1.67. The van der Waals surface area contributed by atoms with Crippen LogP contribution in [-0.4, -0.2) is 147 Å². The summed E-state index contributed by atoms with van der Waals surface area (Å²) in [5.74, 6) is -3.47. The molecule has 2 unspecified atom stereocenters. The maximum atomic E-state index is 14.4. The number of amides is 5. The Morgan fingerprint density at radius 2 is 1.58 bits per heavy atom. The molecule has 1 aliphatic carbocycles. The summed E-state index contributed by atoms with van der Waals surface area (Å²) in [6, 6.07) is 11.7. The molecule has 3 aromatic heterocycles. The molecule has 5 amide bonds. The van der Waals surface area contributed by atoms with Crippen molar-refractivity contribution >= 4 is 47.2 Å². The van der Waals surface area contributed by atoms with Gasteiger partial charge in [0.15, 0.2) is 11.5 Å². The second kappa shape index (κ2) is 28.5. The Bertz CT molecular complexity index is 2580. The van der Waals surface area contributed by atoms with Gasteiger partial charge in [-0.05, 0) is 88.3 Å². The van der Waals surface area contributed by atoms with Crippen LogP contribution in [-0.2, 0) is 25.4 Å². The van der Waals surface area contributed by atoms with E-state index in [0.717, 1.165) is 82.9 Å². The van der Waals surface area contributed by atoms with Gasteiger partial charge in [-0.15, -0.1) is 0 Å². The molecule has 2 atom stereocenters. The maximum absolute atomic E-state index is 14.4. The number of ether oxygens (including phenoxy) is 2. The van der Waals surface area contributed by atoms with Crippen molar-refractivity contribution in [3.8, 4) is 17.4 Å². The van der Waals surface area contributed by atoms with Gasteiger partial charge in [0.25, 0.3) is 5.91 Å². The van der Waals surface area contributed by atoms with Crippen molar-refractivity contribution in [3.63, 3.8) is 0 Å². The van der Waals surface area contributed by atoms with E-state index in [1.165, 1.54) is 23.2 Å². The number of halogens is 4. The summed E-state index contributed by atoms with van der Waals surface area (Å²) >= 11 is 1.88. The molecule has 18 nitrogen and oxygen atoms in total. The predicted molar refractivity (Wildman–Crippen MR) is 279 cm³/mol. The minimum Gasteiger partial charge on any atom is -0.489 e. The Balaban J connectivity index is 0.00000108. The molecule has 0 bridgehead atoms. The fourth-order valence-corrected chi connectivity index (χ4v) is 10.5. The Kier molecular flexibility index (Phi) is 22.0. The van der Waals surface area contributed by atoms with E-state index < -0.39 is 52.4 Å². The summed E-state index contributed by atoms with van der Waals surface area (Å²) in [5.41, 5.74) is -2.36. The number of pyridine rings is 3. The number of carbonyl (C=O) groups excluding carboxylic acids is 5. The van der Waals surface area contributed by atoms with Crippen LogP contribution in [0.4, 0.5) is 23.2 Å². The third-order valence-corrected chi connectivity index (χ3v) is 14.8. The first-order chi connectivity index (χ1) is 36.5. The van der Waals surface area contributed by atoms with E-state index in [1.807, 2.05) is 48.9 Å². The smallest absolute Gasteiger partial charge is 0.417 e. The minimum atomic E-state index is -4.84. The molecule has 6 heterocycles. The van der Waals surface area contributed by atoms with Crippen molar-refractivity contribution in [2.75, 3.05) is 71.3 Å². The highest BCUT2D eigenvalue weighted by atomic mass is 32.2. The van der Waals surface area contributed by atoms with Gasteiger partial charge in [0.05, 0.1) is 18.1 Å². The second-order valence-electron chi connectivity index (χ2n) is 18.7. The number of piperazine rings is 1. The first kappa shape index (κ1) is 58.7. The van der Waals surface area contributed by atoms with E-state index in [0.29, 0.717) is 49.6 Å². The molecule has 8 rings (SSSR count). The number of H-pyrrole nitrogens is 1. The van der Waals surface area contributed by atoms with Gasteiger partial charge in [-0.2, -0.15) is 13.2 Å². The van der Waals surface area contributed by atoms with E-state index in [-0.39, 0.29) is 66.3 Å². The quantitative estimate of drug-likeness (QED) is 0.0520. The molecule has 4 fully saturated rings. The number of rotatable bonds is 16. The number of likely N-dealkylation sites (tertiary alicyclic amines) is 2. The molecule has 3 saturated heterocycles. The topological polar surface area (TPSA) is 211 Å². The number of nitrogens with one attached hydrogen (secondary N) is 4. The van der Waals surface area contributed by atoms with Gasteiger partial charge in [-0.3, -0.25) is 38.7 Å². The highest BCUT2D eigenvalue weighted by Gasteiger charge is 2.37. The maximum Gasteiger partial charge on any atom is 0.417 e. The zero-order valence-corrected chi connectivity index (χ0v) is 44.1. The van der Waals surface area contributed by atoms with Crippen molar-refractivity contribution in [3.05, 3.63) is 107 Å². The average Bonchev–Trinajstić information content (AvgIpc) is 3.77. The normalized spacial score (nSPS) is 19.7. The van der Waals surface area contributed by atoms with Gasteiger partial charge < -0.3 is 40.2 Å². The summed E-state index contributed by atoms with van der Waals surface area (Å²) < 4.78 is 69.1. The van der Waals surface area contributed by atoms with Gasteiger partial charge in [0.1, 0.15) is 17.4 Å². The van der Waals surface area contributed by atoms with Gasteiger partial charge in [-0.1, -0.05) is 31.9 Å². The second-order valence-corrected chi connectivity index (χ2v) is 20.1. The van der Waals surface area contributed by atoms with E-state index in [4.69, 9.17) is 9.47 Å². The van der Waals surface area contributed by atoms with E-state index in [2.05, 4.69) is 40.1 Å². The lowest BCUT2D eigenvalue weighted by Crippen LogP contribution is -2.52. The molecule has 0 spiro atoms. The largest absolute Gasteiger partial charge is 0.489 e. The third kappa shape index (κ3) is 17.2. The molecule has 76 heavy (non-hydrogen) atoms. The fraction of sp³-hybridized carbons (Fsp3) is 0.509. The molecule has 4 N–H and O–H groups in total. The van der Waals surface area contributed by atoms with Crippen LogP contribution in [0.5, 0.6) is 17.4 Å². The van der Waals surface area contributed by atoms with Crippen molar-refractivity contribution in [2.24, 2.45) is 11.8 Å². The van der Waals surface area contributed by atoms with Crippen LogP contribution in [0.25, 0.3) is 0 Å². The number of hydrogen-bond acceptors (Lipinski definition) is 13. The zero-order chi connectivity index (χ0) is 54.8. The monoisotopic (exact) mass is 1080 g/mol. The molecule has 0 radical (unpaired) electrons. The van der Waals surface area contributed by atoms with Crippen LogP contribution in [0.15, 0.2) is 84.2 Å². The molecular formula is C53H68F4N10O8S. The lowest BCUT2D eigenvalue weighted by molar-refractivity contribution is -0.138. The number of alkyl halides is 3. The highest BCUT2D eigenvalue weighted by Crippen LogP contribution is 2.37. The number of benzene rings is 1. The van der Waals surface area contributed by atoms with Crippen molar-refractivity contribution in [2.45, 2.75) is 95.6 Å². The van der Waals surface area contributed by atoms with Gasteiger partial charge >= 0.3 is 6.18 Å². The number of aromatic amines is 1. The van der Waals surface area contributed by atoms with Crippen LogP contribution in [0.3, 0.4) is 0 Å². The minimum absolute atomic E-state index is 0.0156. The molecule has 1 saturated carbocycles. The number of carbonyl (C=O) groups is 5. The van der Waals surface area contributed by atoms with Crippen LogP contribution < -0.4 is 31.0 Å². The first-order valence-electron chi connectivity index (χ1n) is 25.8. The molecule has 3 aliphatic heterocycles.